The molecule has 0 bridgehead atoms. The molecule has 0 aliphatic heterocycles. The summed E-state index contributed by atoms with van der Waals surface area (Å²) >= 11 is 0. The van der Waals surface area contributed by atoms with Gasteiger partial charge in [-0.3, -0.25) is 4.99 Å². The second-order valence-electron chi connectivity index (χ2n) is 9.97. The van der Waals surface area contributed by atoms with Crippen molar-refractivity contribution >= 4 is 50.2 Å². The van der Waals surface area contributed by atoms with Gasteiger partial charge >= 0.3 is 0 Å². The molecule has 0 unspecified atom stereocenters. The number of furan rings is 1. The largest absolute Gasteiger partial charge is 0.455 e. The first-order valence-electron chi connectivity index (χ1n) is 13.0. The van der Waals surface area contributed by atoms with Crippen LogP contribution in [0.25, 0.3) is 49.9 Å². The Bertz CT molecular complexity index is 1880. The monoisotopic (exact) mass is 477 g/mol. The van der Waals surface area contributed by atoms with E-state index in [9.17, 15) is 0 Å². The molecule has 0 atom stereocenters. The molecule has 0 amide bonds. The Morgan fingerprint density at radius 2 is 1.65 bits per heavy atom. The highest BCUT2D eigenvalue weighted by molar-refractivity contribution is 6.24. The van der Waals surface area contributed by atoms with E-state index in [0.29, 0.717) is 0 Å². The molecule has 0 spiro atoms. The lowest BCUT2D eigenvalue weighted by Gasteiger charge is -2.12. The van der Waals surface area contributed by atoms with E-state index in [1.807, 2.05) is 12.1 Å². The van der Waals surface area contributed by atoms with Crippen LogP contribution in [0.2, 0.25) is 0 Å². The number of para-hydroxylation sites is 1. The van der Waals surface area contributed by atoms with Crippen LogP contribution in [0, 0.1) is 6.92 Å². The molecule has 1 aromatic heterocycles. The molecule has 178 valence electrons. The third kappa shape index (κ3) is 3.60. The highest BCUT2D eigenvalue weighted by Crippen LogP contribution is 2.43. The quantitative estimate of drug-likeness (QED) is 0.233. The molecule has 7 rings (SSSR count). The van der Waals surface area contributed by atoms with Crippen LogP contribution in [-0.2, 0) is 6.42 Å². The van der Waals surface area contributed by atoms with Gasteiger partial charge in [-0.05, 0) is 83.5 Å². The van der Waals surface area contributed by atoms with Gasteiger partial charge in [-0.15, -0.1) is 0 Å². The lowest BCUT2D eigenvalue weighted by Crippen LogP contribution is -1.94. The maximum Gasteiger partial charge on any atom is 0.143 e. The molecule has 0 saturated carbocycles. The Balaban J connectivity index is 1.42. The minimum Gasteiger partial charge on any atom is -0.455 e. The molecule has 1 aliphatic rings. The van der Waals surface area contributed by atoms with E-state index >= 15 is 0 Å². The number of hydrogen-bond acceptors (Lipinski definition) is 2. The number of allylic oxidation sites excluding steroid dienone is 1. The zero-order valence-electron chi connectivity index (χ0n) is 21.1. The predicted molar refractivity (Wildman–Crippen MR) is 157 cm³/mol. The summed E-state index contributed by atoms with van der Waals surface area (Å²) < 4.78 is 6.62. The van der Waals surface area contributed by atoms with Gasteiger partial charge in [-0.25, -0.2) is 0 Å². The van der Waals surface area contributed by atoms with E-state index in [2.05, 4.69) is 105 Å². The molecule has 0 N–H and O–H groups in total. The Morgan fingerprint density at radius 1 is 0.838 bits per heavy atom. The lowest BCUT2D eigenvalue weighted by molar-refractivity contribution is 0.670. The van der Waals surface area contributed by atoms with Gasteiger partial charge in [0.25, 0.3) is 0 Å². The van der Waals surface area contributed by atoms with Crippen molar-refractivity contribution in [2.75, 3.05) is 0 Å². The first-order valence-corrected chi connectivity index (χ1v) is 13.0. The van der Waals surface area contributed by atoms with E-state index < -0.39 is 0 Å². The van der Waals surface area contributed by atoms with Gasteiger partial charge in [0.1, 0.15) is 11.2 Å². The zero-order valence-corrected chi connectivity index (χ0v) is 21.1. The van der Waals surface area contributed by atoms with Gasteiger partial charge < -0.3 is 4.42 Å². The highest BCUT2D eigenvalue weighted by Gasteiger charge is 2.20. The van der Waals surface area contributed by atoms with E-state index in [-0.39, 0.29) is 0 Å². The number of rotatable bonds is 3. The van der Waals surface area contributed by atoms with Crippen LogP contribution in [0.5, 0.6) is 0 Å². The van der Waals surface area contributed by atoms with Crippen LogP contribution in [0.4, 0.5) is 5.69 Å². The van der Waals surface area contributed by atoms with Crippen LogP contribution in [0.15, 0.2) is 106 Å². The Hall–Kier alpha value is -4.43. The number of aryl methyl sites for hydroxylation is 2. The second kappa shape index (κ2) is 8.60. The summed E-state index contributed by atoms with van der Waals surface area (Å²) in [5.41, 5.74) is 11.2. The van der Waals surface area contributed by atoms with Crippen LogP contribution in [-0.4, -0.2) is 5.71 Å². The summed E-state index contributed by atoms with van der Waals surface area (Å²) in [6.45, 7) is 4.17. The zero-order chi connectivity index (χ0) is 24.9. The first kappa shape index (κ1) is 21.8. The van der Waals surface area contributed by atoms with E-state index in [4.69, 9.17) is 9.41 Å². The maximum absolute atomic E-state index is 6.62. The lowest BCUT2D eigenvalue weighted by atomic mass is 9.90. The van der Waals surface area contributed by atoms with Crippen LogP contribution >= 0.6 is 0 Å². The van der Waals surface area contributed by atoms with Gasteiger partial charge in [0.05, 0.1) is 5.69 Å². The molecule has 1 aliphatic carbocycles. The normalized spacial score (nSPS) is 13.5. The van der Waals surface area contributed by atoms with E-state index in [0.717, 1.165) is 52.1 Å². The number of benzene rings is 5. The van der Waals surface area contributed by atoms with Crippen molar-refractivity contribution in [3.05, 3.63) is 119 Å². The summed E-state index contributed by atoms with van der Waals surface area (Å²) in [6, 6.07) is 32.3. The van der Waals surface area contributed by atoms with E-state index in [1.54, 1.807) is 0 Å². The molecular formula is C35H27NO. The van der Waals surface area contributed by atoms with Crippen molar-refractivity contribution in [2.45, 2.75) is 26.7 Å². The van der Waals surface area contributed by atoms with Crippen molar-refractivity contribution < 1.29 is 4.42 Å². The maximum atomic E-state index is 6.62. The number of aliphatic imine (C=N–C) groups is 1. The molecule has 0 radical (unpaired) electrons. The minimum absolute atomic E-state index is 0.954. The summed E-state index contributed by atoms with van der Waals surface area (Å²) in [4.78, 5) is 4.88. The highest BCUT2D eigenvalue weighted by atomic mass is 16.3. The molecule has 1 heterocycles. The van der Waals surface area contributed by atoms with Crippen molar-refractivity contribution in [1.29, 1.82) is 0 Å². The second-order valence-corrected chi connectivity index (χ2v) is 9.97. The van der Waals surface area contributed by atoms with Crippen molar-refractivity contribution in [2.24, 2.45) is 4.99 Å². The van der Waals surface area contributed by atoms with Crippen LogP contribution in [0.1, 0.15) is 35.6 Å². The minimum atomic E-state index is 0.954. The van der Waals surface area contributed by atoms with Gasteiger partial charge in [-0.1, -0.05) is 84.9 Å². The fraction of sp³-hybridized carbons (Fsp3) is 0.114. The fourth-order valence-electron chi connectivity index (χ4n) is 5.67. The third-order valence-corrected chi connectivity index (χ3v) is 7.64. The Morgan fingerprint density at radius 3 is 2.51 bits per heavy atom. The summed E-state index contributed by atoms with van der Waals surface area (Å²) in [6.07, 6.45) is 6.74. The summed E-state index contributed by atoms with van der Waals surface area (Å²) in [5.74, 6) is 0. The number of fused-ring (bicyclic) bond motifs is 7. The van der Waals surface area contributed by atoms with E-state index in [1.165, 1.54) is 38.2 Å². The van der Waals surface area contributed by atoms with Gasteiger partial charge in [0.2, 0.25) is 0 Å². The third-order valence-electron chi connectivity index (χ3n) is 7.64. The molecule has 2 heteroatoms. The van der Waals surface area contributed by atoms with Crippen molar-refractivity contribution in [3.63, 3.8) is 0 Å². The summed E-state index contributed by atoms with van der Waals surface area (Å²) in [5, 5.41) is 4.92. The topological polar surface area (TPSA) is 25.5 Å². The standard InChI is InChI=1S/C35H27NO/c1-22-9-3-8-14-31(22)36-23(2)24-15-17-26(18-16-24)30-21-27-11-5-7-13-29(27)34-33-28-12-6-4-10-25(28)19-20-32(33)37-35(30)34/h3,5-9,11-21H,4,10H2,1-2H3/b36-23+. The molecule has 37 heavy (non-hydrogen) atoms. The van der Waals surface area contributed by atoms with Crippen LogP contribution < -0.4 is 0 Å². The Kier molecular flexibility index (Phi) is 5.07. The molecule has 2 nitrogen and oxygen atoms in total. The predicted octanol–water partition coefficient (Wildman–Crippen LogP) is 9.81. The molecule has 0 saturated heterocycles. The summed E-state index contributed by atoms with van der Waals surface area (Å²) in [7, 11) is 0. The number of hydrogen-bond donors (Lipinski definition) is 0. The first-order chi connectivity index (χ1) is 18.2. The van der Waals surface area contributed by atoms with Crippen molar-refractivity contribution in [1.82, 2.24) is 0 Å². The molecule has 6 aromatic rings. The number of nitrogens with zero attached hydrogens (tertiary/aromatic N) is 1. The average molecular weight is 478 g/mol. The fourth-order valence-corrected chi connectivity index (χ4v) is 5.67. The van der Waals surface area contributed by atoms with Gasteiger partial charge in [-0.2, -0.15) is 0 Å². The average Bonchev–Trinajstić information content (AvgIpc) is 3.34. The smallest absolute Gasteiger partial charge is 0.143 e. The van der Waals surface area contributed by atoms with Gasteiger partial charge in [0, 0.05) is 22.0 Å². The van der Waals surface area contributed by atoms with Crippen molar-refractivity contribution in [3.8, 4) is 11.1 Å². The molecule has 0 fully saturated rings. The SMILES string of the molecule is C/C(=N\c1ccccc1C)c1ccc(-c2cc3ccccc3c3c2oc2ccc4c(c23)C=CCC4)cc1. The molecule has 5 aromatic carbocycles. The van der Waals surface area contributed by atoms with Gasteiger partial charge in [0.15, 0.2) is 0 Å². The van der Waals surface area contributed by atoms with Crippen LogP contribution in [0.3, 0.4) is 0 Å². The Labute approximate surface area is 216 Å². The molecular weight excluding hydrogens is 450 g/mol.